The Morgan fingerprint density at radius 3 is 2.68 bits per heavy atom. The zero-order valence-electron chi connectivity index (χ0n) is 14.7. The van der Waals surface area contributed by atoms with Crippen molar-refractivity contribution in [1.29, 1.82) is 0 Å². The number of amides is 1. The molecule has 1 amide bonds. The monoisotopic (exact) mass is 389 g/mol. The first-order chi connectivity index (χ1) is 11.3. The van der Waals surface area contributed by atoms with E-state index in [4.69, 9.17) is 5.73 Å². The first kappa shape index (κ1) is 21.9. The minimum absolute atomic E-state index is 0. The van der Waals surface area contributed by atoms with Crippen LogP contribution in [0.4, 0.5) is 5.69 Å². The fourth-order valence-electron chi connectivity index (χ4n) is 2.93. The van der Waals surface area contributed by atoms with Gasteiger partial charge in [0, 0.05) is 24.2 Å². The average Bonchev–Trinajstić information content (AvgIpc) is 2.92. The Bertz CT molecular complexity index is 681. The standard InChI is InChI=1S/C17H27N3O3S.ClH/c1-3-12(2)20-24(22,23)15-8-5-7-14(11-15)19-17(21)10-13-6-4-9-16(13)18;/h5,7-8,11-13,16,20H,3-4,6,9-10,18H2,1-2H3,(H,19,21);1H/t12?,13-,16+;/m0./s1. The van der Waals surface area contributed by atoms with Crippen molar-refractivity contribution in [3.8, 4) is 0 Å². The molecule has 0 radical (unpaired) electrons. The second-order valence-electron chi connectivity index (χ2n) is 6.57. The SMILES string of the molecule is CCC(C)NS(=O)(=O)c1cccc(NC(=O)C[C@@H]2CCC[C@H]2N)c1.Cl. The number of carbonyl (C=O) groups excluding carboxylic acids is 1. The van der Waals surface area contributed by atoms with Gasteiger partial charge in [0.05, 0.1) is 4.90 Å². The summed E-state index contributed by atoms with van der Waals surface area (Å²) in [6, 6.07) is 6.26. The lowest BCUT2D eigenvalue weighted by Crippen LogP contribution is -2.32. The van der Waals surface area contributed by atoms with Gasteiger partial charge < -0.3 is 11.1 Å². The number of sulfonamides is 1. The second-order valence-corrected chi connectivity index (χ2v) is 8.28. The predicted octanol–water partition coefficient (Wildman–Crippen LogP) is 2.64. The summed E-state index contributed by atoms with van der Waals surface area (Å²) >= 11 is 0. The molecule has 2 rings (SSSR count). The third-order valence-electron chi connectivity index (χ3n) is 4.56. The van der Waals surface area contributed by atoms with E-state index in [0.717, 1.165) is 19.3 Å². The fraction of sp³-hybridized carbons (Fsp3) is 0.588. The Morgan fingerprint density at radius 2 is 2.08 bits per heavy atom. The lowest BCUT2D eigenvalue weighted by atomic mass is 10.00. The number of carbonyl (C=O) groups is 1. The molecular weight excluding hydrogens is 362 g/mol. The minimum Gasteiger partial charge on any atom is -0.327 e. The van der Waals surface area contributed by atoms with Crippen LogP contribution >= 0.6 is 12.4 Å². The van der Waals surface area contributed by atoms with Gasteiger partial charge in [0.1, 0.15) is 0 Å². The van der Waals surface area contributed by atoms with Crippen molar-refractivity contribution in [2.24, 2.45) is 11.7 Å². The summed E-state index contributed by atoms with van der Waals surface area (Å²) in [5.74, 6) is 0.0887. The maximum Gasteiger partial charge on any atom is 0.240 e. The zero-order chi connectivity index (χ0) is 17.7. The Hall–Kier alpha value is -1.15. The van der Waals surface area contributed by atoms with Crippen molar-refractivity contribution in [1.82, 2.24) is 4.72 Å². The number of hydrogen-bond acceptors (Lipinski definition) is 4. The van der Waals surface area contributed by atoms with E-state index in [-0.39, 0.29) is 41.2 Å². The highest BCUT2D eigenvalue weighted by molar-refractivity contribution is 7.89. The highest BCUT2D eigenvalue weighted by Gasteiger charge is 2.26. The second kappa shape index (κ2) is 9.52. The van der Waals surface area contributed by atoms with Crippen LogP contribution in [0.5, 0.6) is 0 Å². The van der Waals surface area contributed by atoms with Gasteiger partial charge in [-0.15, -0.1) is 12.4 Å². The van der Waals surface area contributed by atoms with Crippen molar-refractivity contribution in [2.45, 2.75) is 62.9 Å². The first-order valence-electron chi connectivity index (χ1n) is 8.49. The van der Waals surface area contributed by atoms with E-state index in [1.807, 2.05) is 13.8 Å². The molecule has 1 aliphatic carbocycles. The van der Waals surface area contributed by atoms with Gasteiger partial charge in [-0.05, 0) is 50.3 Å². The summed E-state index contributed by atoms with van der Waals surface area (Å²) in [7, 11) is -3.58. The van der Waals surface area contributed by atoms with Crippen LogP contribution in [0.2, 0.25) is 0 Å². The molecule has 4 N–H and O–H groups in total. The Balaban J connectivity index is 0.00000312. The van der Waals surface area contributed by atoms with Crippen LogP contribution < -0.4 is 15.8 Å². The Kier molecular flexibility index (Phi) is 8.34. The molecule has 1 aromatic carbocycles. The Morgan fingerprint density at radius 1 is 1.36 bits per heavy atom. The number of rotatable bonds is 7. The largest absolute Gasteiger partial charge is 0.327 e. The van der Waals surface area contributed by atoms with E-state index in [9.17, 15) is 13.2 Å². The molecule has 0 aliphatic heterocycles. The van der Waals surface area contributed by atoms with Gasteiger partial charge in [-0.3, -0.25) is 4.79 Å². The van der Waals surface area contributed by atoms with Crippen LogP contribution in [0.1, 0.15) is 46.0 Å². The number of nitrogens with two attached hydrogens (primary N) is 1. The smallest absolute Gasteiger partial charge is 0.240 e. The molecule has 0 spiro atoms. The van der Waals surface area contributed by atoms with Crippen LogP contribution in [-0.2, 0) is 14.8 Å². The van der Waals surface area contributed by atoms with Gasteiger partial charge in [0.25, 0.3) is 0 Å². The summed E-state index contributed by atoms with van der Waals surface area (Å²) in [4.78, 5) is 12.3. The maximum atomic E-state index is 12.3. The normalized spacial score (nSPS) is 21.4. The van der Waals surface area contributed by atoms with Gasteiger partial charge in [-0.25, -0.2) is 13.1 Å². The third kappa shape index (κ3) is 6.26. The molecule has 1 unspecified atom stereocenters. The molecule has 1 fully saturated rings. The Labute approximate surface area is 156 Å². The summed E-state index contributed by atoms with van der Waals surface area (Å²) in [6.45, 7) is 3.73. The lowest BCUT2D eigenvalue weighted by Gasteiger charge is -2.15. The molecule has 8 heteroatoms. The lowest BCUT2D eigenvalue weighted by molar-refractivity contribution is -0.117. The van der Waals surface area contributed by atoms with Crippen molar-refractivity contribution in [3.63, 3.8) is 0 Å². The first-order valence-corrected chi connectivity index (χ1v) is 9.98. The molecule has 142 valence electrons. The number of anilines is 1. The molecule has 0 heterocycles. The van der Waals surface area contributed by atoms with E-state index in [0.29, 0.717) is 18.5 Å². The number of hydrogen-bond donors (Lipinski definition) is 3. The number of nitrogens with one attached hydrogen (secondary N) is 2. The van der Waals surface area contributed by atoms with E-state index >= 15 is 0 Å². The van der Waals surface area contributed by atoms with Crippen LogP contribution in [0.15, 0.2) is 29.2 Å². The van der Waals surface area contributed by atoms with Gasteiger partial charge in [0.2, 0.25) is 15.9 Å². The van der Waals surface area contributed by atoms with Crippen molar-refractivity contribution >= 4 is 34.0 Å². The molecule has 25 heavy (non-hydrogen) atoms. The molecule has 6 nitrogen and oxygen atoms in total. The van der Waals surface area contributed by atoms with Crippen LogP contribution in [0.3, 0.4) is 0 Å². The molecule has 0 saturated heterocycles. The van der Waals surface area contributed by atoms with Gasteiger partial charge in [-0.1, -0.05) is 19.4 Å². The molecule has 0 aromatic heterocycles. The molecule has 3 atom stereocenters. The van der Waals surface area contributed by atoms with Crippen molar-refractivity contribution in [2.75, 3.05) is 5.32 Å². The minimum atomic E-state index is -3.58. The van der Waals surface area contributed by atoms with Crippen LogP contribution in [0, 0.1) is 5.92 Å². The van der Waals surface area contributed by atoms with Gasteiger partial charge >= 0.3 is 0 Å². The zero-order valence-corrected chi connectivity index (χ0v) is 16.3. The topological polar surface area (TPSA) is 101 Å². The quantitative estimate of drug-likeness (QED) is 0.667. The van der Waals surface area contributed by atoms with Crippen molar-refractivity contribution in [3.05, 3.63) is 24.3 Å². The summed E-state index contributed by atoms with van der Waals surface area (Å²) in [5, 5.41) is 2.78. The number of benzene rings is 1. The fourth-order valence-corrected chi connectivity index (χ4v) is 4.30. The highest BCUT2D eigenvalue weighted by atomic mass is 35.5. The summed E-state index contributed by atoms with van der Waals surface area (Å²) in [6.07, 6.45) is 4.09. The van der Waals surface area contributed by atoms with E-state index < -0.39 is 10.0 Å². The molecular formula is C17H28ClN3O3S. The molecule has 1 saturated carbocycles. The molecule has 1 aromatic rings. The van der Waals surface area contributed by atoms with Gasteiger partial charge in [-0.2, -0.15) is 0 Å². The molecule has 1 aliphatic rings. The third-order valence-corrected chi connectivity index (χ3v) is 6.15. The number of halogens is 1. The average molecular weight is 390 g/mol. The summed E-state index contributed by atoms with van der Waals surface area (Å²) in [5.41, 5.74) is 6.48. The van der Waals surface area contributed by atoms with E-state index in [1.165, 1.54) is 12.1 Å². The van der Waals surface area contributed by atoms with Crippen LogP contribution in [0.25, 0.3) is 0 Å². The van der Waals surface area contributed by atoms with Crippen molar-refractivity contribution < 1.29 is 13.2 Å². The van der Waals surface area contributed by atoms with Gasteiger partial charge in [0.15, 0.2) is 0 Å². The summed E-state index contributed by atoms with van der Waals surface area (Å²) < 4.78 is 27.3. The van der Waals surface area contributed by atoms with E-state index in [1.54, 1.807) is 12.1 Å². The predicted molar refractivity (Wildman–Crippen MR) is 102 cm³/mol. The maximum absolute atomic E-state index is 12.3. The van der Waals surface area contributed by atoms with Crippen LogP contribution in [-0.4, -0.2) is 26.4 Å². The highest BCUT2D eigenvalue weighted by Crippen LogP contribution is 2.27. The molecule has 0 bridgehead atoms. The van der Waals surface area contributed by atoms with E-state index in [2.05, 4.69) is 10.0 Å².